The lowest BCUT2D eigenvalue weighted by Gasteiger charge is -2.36. The molecule has 0 spiro atoms. The monoisotopic (exact) mass is 432 g/mol. The molecule has 1 fully saturated rings. The standard InChI is InChI=1S/C20H22F6N4/c1-29-18-9-30(8-17(18)28-19(29)20(24,25)26)7-10-2-3-11(16(27)4-10)12-5-14(22)15(23)6-13(12)21/h5-6,10-11,16H,2-4,7-9,27H2,1H3/t10-,11+,16?/m0/s1. The van der Waals surface area contributed by atoms with Gasteiger partial charge in [0.25, 0.3) is 0 Å². The van der Waals surface area contributed by atoms with Crippen molar-refractivity contribution in [3.8, 4) is 0 Å². The average Bonchev–Trinajstić information content (AvgIpc) is 3.17. The number of imidazole rings is 1. The van der Waals surface area contributed by atoms with Crippen LogP contribution in [-0.2, 0) is 26.3 Å². The molecule has 2 N–H and O–H groups in total. The number of hydrogen-bond donors (Lipinski definition) is 1. The summed E-state index contributed by atoms with van der Waals surface area (Å²) in [4.78, 5) is 5.80. The van der Waals surface area contributed by atoms with Crippen molar-refractivity contribution in [3.05, 3.63) is 52.4 Å². The smallest absolute Gasteiger partial charge is 0.327 e. The van der Waals surface area contributed by atoms with Crippen molar-refractivity contribution in [2.24, 2.45) is 18.7 Å². The van der Waals surface area contributed by atoms with Crippen LogP contribution in [0.15, 0.2) is 12.1 Å². The van der Waals surface area contributed by atoms with Gasteiger partial charge in [-0.2, -0.15) is 13.2 Å². The van der Waals surface area contributed by atoms with Crippen molar-refractivity contribution in [2.75, 3.05) is 6.54 Å². The van der Waals surface area contributed by atoms with Crippen molar-refractivity contribution in [2.45, 2.75) is 50.5 Å². The van der Waals surface area contributed by atoms with Crippen LogP contribution in [0.4, 0.5) is 26.3 Å². The molecule has 1 aliphatic carbocycles. The quantitative estimate of drug-likeness (QED) is 0.587. The molecule has 1 aromatic carbocycles. The molecule has 3 atom stereocenters. The first kappa shape index (κ1) is 21.2. The zero-order chi connectivity index (χ0) is 21.8. The molecule has 30 heavy (non-hydrogen) atoms. The Morgan fingerprint density at radius 3 is 2.40 bits per heavy atom. The van der Waals surface area contributed by atoms with E-state index in [0.29, 0.717) is 56.4 Å². The van der Waals surface area contributed by atoms with Crippen molar-refractivity contribution >= 4 is 0 Å². The Bertz CT molecular complexity index is 954. The van der Waals surface area contributed by atoms with Crippen LogP contribution in [-0.4, -0.2) is 27.0 Å². The normalized spacial score (nSPS) is 25.0. The minimum absolute atomic E-state index is 0.0947. The van der Waals surface area contributed by atoms with E-state index in [4.69, 9.17) is 5.73 Å². The van der Waals surface area contributed by atoms with Crippen LogP contribution < -0.4 is 5.73 Å². The number of nitrogens with two attached hydrogens (primary N) is 1. The highest BCUT2D eigenvalue weighted by molar-refractivity contribution is 5.26. The summed E-state index contributed by atoms with van der Waals surface area (Å²) in [6, 6.07) is 1.02. The minimum Gasteiger partial charge on any atom is -0.327 e. The summed E-state index contributed by atoms with van der Waals surface area (Å²) in [6.07, 6.45) is -2.67. The van der Waals surface area contributed by atoms with Gasteiger partial charge >= 0.3 is 6.18 Å². The van der Waals surface area contributed by atoms with Crippen LogP contribution in [0, 0.1) is 23.4 Å². The average molecular weight is 432 g/mol. The molecule has 0 bridgehead atoms. The number of fused-ring (bicyclic) bond motifs is 1. The molecule has 164 valence electrons. The Labute approximate surface area is 169 Å². The van der Waals surface area contributed by atoms with Gasteiger partial charge in [-0.25, -0.2) is 18.2 Å². The SMILES string of the molecule is Cn1c(C(F)(F)F)nc2c1CN(C[C@H]1CC[C@H](c3cc(F)c(F)cc3F)C(N)C1)C2. The third-order valence-corrected chi connectivity index (χ3v) is 6.26. The zero-order valence-corrected chi connectivity index (χ0v) is 16.3. The van der Waals surface area contributed by atoms with Gasteiger partial charge in [0.15, 0.2) is 11.6 Å². The first-order chi connectivity index (χ1) is 14.0. The molecule has 0 radical (unpaired) electrons. The molecule has 10 heteroatoms. The van der Waals surface area contributed by atoms with Gasteiger partial charge in [-0.1, -0.05) is 0 Å². The Morgan fingerprint density at radius 2 is 1.77 bits per heavy atom. The predicted octanol–water partition coefficient (Wildman–Crippen LogP) is 4.08. The molecule has 1 aliphatic heterocycles. The second-order valence-electron chi connectivity index (χ2n) is 8.29. The Kier molecular flexibility index (Phi) is 5.34. The molecule has 0 saturated heterocycles. The second kappa shape index (κ2) is 7.56. The lowest BCUT2D eigenvalue weighted by Crippen LogP contribution is -2.39. The molecule has 2 aromatic rings. The predicted molar refractivity (Wildman–Crippen MR) is 96.7 cm³/mol. The lowest BCUT2D eigenvalue weighted by atomic mass is 9.75. The van der Waals surface area contributed by atoms with Gasteiger partial charge in [0.2, 0.25) is 5.82 Å². The van der Waals surface area contributed by atoms with E-state index >= 15 is 0 Å². The summed E-state index contributed by atoms with van der Waals surface area (Å²) in [5.41, 5.74) is 7.34. The van der Waals surface area contributed by atoms with Crippen LogP contribution in [0.2, 0.25) is 0 Å². The molecule has 2 aliphatic rings. The molecule has 1 unspecified atom stereocenters. The summed E-state index contributed by atoms with van der Waals surface area (Å²) in [6.45, 7) is 1.35. The van der Waals surface area contributed by atoms with E-state index in [0.717, 1.165) is 10.6 Å². The van der Waals surface area contributed by atoms with Crippen molar-refractivity contribution in [1.29, 1.82) is 0 Å². The number of alkyl halides is 3. The van der Waals surface area contributed by atoms with E-state index in [1.165, 1.54) is 7.05 Å². The summed E-state index contributed by atoms with van der Waals surface area (Å²) in [5.74, 6) is -4.22. The molecule has 4 rings (SSSR count). The van der Waals surface area contributed by atoms with E-state index in [1.807, 2.05) is 4.90 Å². The van der Waals surface area contributed by atoms with Crippen molar-refractivity contribution < 1.29 is 26.3 Å². The fourth-order valence-electron chi connectivity index (χ4n) is 4.81. The molecule has 4 nitrogen and oxygen atoms in total. The molecule has 0 amide bonds. The molecular formula is C20H22F6N4. The summed E-state index contributed by atoms with van der Waals surface area (Å²) >= 11 is 0. The first-order valence-corrected chi connectivity index (χ1v) is 9.78. The number of nitrogens with zero attached hydrogens (tertiary/aromatic N) is 3. The maximum Gasteiger partial charge on any atom is 0.449 e. The lowest BCUT2D eigenvalue weighted by molar-refractivity contribution is -0.147. The third kappa shape index (κ3) is 3.82. The number of aromatic nitrogens is 2. The number of benzene rings is 1. The van der Waals surface area contributed by atoms with Gasteiger partial charge in [-0.05, 0) is 36.8 Å². The highest BCUT2D eigenvalue weighted by Crippen LogP contribution is 2.38. The summed E-state index contributed by atoms with van der Waals surface area (Å²) < 4.78 is 80.9. The van der Waals surface area contributed by atoms with Crippen LogP contribution in [0.3, 0.4) is 0 Å². The number of halogens is 6. The van der Waals surface area contributed by atoms with E-state index in [1.54, 1.807) is 0 Å². The van der Waals surface area contributed by atoms with Gasteiger partial charge < -0.3 is 10.3 Å². The zero-order valence-electron chi connectivity index (χ0n) is 16.3. The largest absolute Gasteiger partial charge is 0.449 e. The number of rotatable bonds is 3. The van der Waals surface area contributed by atoms with Gasteiger partial charge in [0.05, 0.1) is 11.4 Å². The van der Waals surface area contributed by atoms with Crippen LogP contribution in [0.25, 0.3) is 0 Å². The van der Waals surface area contributed by atoms with Crippen LogP contribution >= 0.6 is 0 Å². The number of hydrogen-bond acceptors (Lipinski definition) is 3. The molecular weight excluding hydrogens is 410 g/mol. The fraction of sp³-hybridized carbons (Fsp3) is 0.550. The highest BCUT2D eigenvalue weighted by atomic mass is 19.4. The minimum atomic E-state index is -4.48. The van der Waals surface area contributed by atoms with Gasteiger partial charge in [-0.3, -0.25) is 4.90 Å². The Morgan fingerprint density at radius 1 is 1.07 bits per heavy atom. The Balaban J connectivity index is 1.39. The molecule has 1 aromatic heterocycles. The van der Waals surface area contributed by atoms with Gasteiger partial charge in [0, 0.05) is 44.7 Å². The maximum absolute atomic E-state index is 14.1. The van der Waals surface area contributed by atoms with E-state index in [9.17, 15) is 26.3 Å². The van der Waals surface area contributed by atoms with E-state index < -0.39 is 41.4 Å². The van der Waals surface area contributed by atoms with E-state index in [-0.39, 0.29) is 11.5 Å². The first-order valence-electron chi connectivity index (χ1n) is 9.78. The topological polar surface area (TPSA) is 47.1 Å². The van der Waals surface area contributed by atoms with Gasteiger partial charge in [-0.15, -0.1) is 0 Å². The summed E-state index contributed by atoms with van der Waals surface area (Å²) in [7, 11) is 1.37. The van der Waals surface area contributed by atoms with E-state index in [2.05, 4.69) is 4.98 Å². The summed E-state index contributed by atoms with van der Waals surface area (Å²) in [5, 5.41) is 0. The fourth-order valence-corrected chi connectivity index (χ4v) is 4.81. The van der Waals surface area contributed by atoms with Crippen molar-refractivity contribution in [1.82, 2.24) is 14.5 Å². The molecule has 2 heterocycles. The maximum atomic E-state index is 14.1. The second-order valence-corrected chi connectivity index (χ2v) is 8.29. The Hall–Kier alpha value is -2.07. The van der Waals surface area contributed by atoms with Crippen molar-refractivity contribution in [3.63, 3.8) is 0 Å². The van der Waals surface area contributed by atoms with Crippen LogP contribution in [0.1, 0.15) is 48.0 Å². The van der Waals surface area contributed by atoms with Crippen LogP contribution in [0.5, 0.6) is 0 Å². The highest BCUT2D eigenvalue weighted by Gasteiger charge is 2.40. The third-order valence-electron chi connectivity index (χ3n) is 6.26. The molecule has 1 saturated carbocycles. The van der Waals surface area contributed by atoms with Gasteiger partial charge in [0.1, 0.15) is 5.82 Å².